The van der Waals surface area contributed by atoms with Gasteiger partial charge in [-0.2, -0.15) is 0 Å². The lowest BCUT2D eigenvalue weighted by Gasteiger charge is -2.16. The van der Waals surface area contributed by atoms with Crippen LogP contribution in [0.3, 0.4) is 0 Å². The normalized spacial score (nSPS) is 16.1. The van der Waals surface area contributed by atoms with E-state index in [9.17, 15) is 0 Å². The van der Waals surface area contributed by atoms with E-state index < -0.39 is 0 Å². The number of hydrogen-bond donors (Lipinski definition) is 3. The molecule has 0 saturated heterocycles. The van der Waals surface area contributed by atoms with Gasteiger partial charge >= 0.3 is 0 Å². The molecule has 17 heavy (non-hydrogen) atoms. The Kier molecular flexibility index (Phi) is 4.09. The zero-order valence-electron chi connectivity index (χ0n) is 9.98. The summed E-state index contributed by atoms with van der Waals surface area (Å²) < 4.78 is 5.37. The molecule has 1 aliphatic carbocycles. The van der Waals surface area contributed by atoms with Crippen molar-refractivity contribution in [2.24, 2.45) is 0 Å². The number of rotatable bonds is 5. The number of aliphatic hydroxyl groups excluding tert-OH is 1. The van der Waals surface area contributed by atoms with Crippen molar-refractivity contribution >= 4 is 11.4 Å². The molecular formula is C13H20N2O2. The third-order valence-corrected chi connectivity index (χ3v) is 3.10. The van der Waals surface area contributed by atoms with Crippen molar-refractivity contribution in [3.8, 4) is 5.75 Å². The van der Waals surface area contributed by atoms with Gasteiger partial charge in [0.15, 0.2) is 0 Å². The van der Waals surface area contributed by atoms with Gasteiger partial charge in [-0.3, -0.25) is 0 Å². The molecule has 4 heteroatoms. The summed E-state index contributed by atoms with van der Waals surface area (Å²) in [5, 5.41) is 12.2. The molecule has 2 rings (SSSR count). The number of benzene rings is 1. The average Bonchev–Trinajstić information content (AvgIpc) is 2.83. The Balaban J connectivity index is 2.03. The summed E-state index contributed by atoms with van der Waals surface area (Å²) >= 11 is 0. The van der Waals surface area contributed by atoms with E-state index in [1.54, 1.807) is 0 Å². The summed E-state index contributed by atoms with van der Waals surface area (Å²) in [5.74, 6) is 0.744. The third-order valence-electron chi connectivity index (χ3n) is 3.10. The lowest BCUT2D eigenvalue weighted by atomic mass is 10.2. The summed E-state index contributed by atoms with van der Waals surface area (Å²) in [6.45, 7) is 0.336. The number of nitrogens with one attached hydrogen (secondary N) is 1. The van der Waals surface area contributed by atoms with Crippen LogP contribution in [0.1, 0.15) is 25.7 Å². The van der Waals surface area contributed by atoms with E-state index >= 15 is 0 Å². The number of hydrogen-bond acceptors (Lipinski definition) is 4. The number of nitrogens with two attached hydrogens (primary N) is 1. The van der Waals surface area contributed by atoms with Crippen LogP contribution in [0.25, 0.3) is 0 Å². The largest absolute Gasteiger partial charge is 0.491 e. The molecule has 0 aliphatic heterocycles. The van der Waals surface area contributed by atoms with Gasteiger partial charge in [0.1, 0.15) is 12.4 Å². The van der Waals surface area contributed by atoms with Crippen LogP contribution in [0.4, 0.5) is 11.4 Å². The molecule has 94 valence electrons. The second-order valence-electron chi connectivity index (χ2n) is 4.45. The Morgan fingerprint density at radius 3 is 2.82 bits per heavy atom. The van der Waals surface area contributed by atoms with Gasteiger partial charge in [0, 0.05) is 12.1 Å². The first kappa shape index (κ1) is 12.0. The van der Waals surface area contributed by atoms with Crippen molar-refractivity contribution in [2.75, 3.05) is 24.3 Å². The van der Waals surface area contributed by atoms with Gasteiger partial charge in [-0.05, 0) is 25.0 Å². The van der Waals surface area contributed by atoms with Crippen LogP contribution < -0.4 is 15.8 Å². The third kappa shape index (κ3) is 3.27. The molecule has 0 aromatic heterocycles. The molecule has 1 aliphatic rings. The summed E-state index contributed by atoms with van der Waals surface area (Å²) in [6, 6.07) is 6.10. The van der Waals surface area contributed by atoms with E-state index in [2.05, 4.69) is 5.32 Å². The first-order valence-corrected chi connectivity index (χ1v) is 6.19. The van der Waals surface area contributed by atoms with Crippen molar-refractivity contribution in [1.82, 2.24) is 0 Å². The highest BCUT2D eigenvalue weighted by Crippen LogP contribution is 2.28. The van der Waals surface area contributed by atoms with Crippen molar-refractivity contribution in [3.63, 3.8) is 0 Å². The highest BCUT2D eigenvalue weighted by atomic mass is 16.5. The van der Waals surface area contributed by atoms with Crippen LogP contribution in [-0.4, -0.2) is 24.4 Å². The zero-order chi connectivity index (χ0) is 12.1. The number of anilines is 2. The van der Waals surface area contributed by atoms with Crippen molar-refractivity contribution in [2.45, 2.75) is 31.7 Å². The molecule has 0 atom stereocenters. The maximum absolute atomic E-state index is 8.72. The van der Waals surface area contributed by atoms with Gasteiger partial charge in [-0.25, -0.2) is 0 Å². The first-order valence-electron chi connectivity index (χ1n) is 6.19. The monoisotopic (exact) mass is 236 g/mol. The summed E-state index contributed by atoms with van der Waals surface area (Å²) in [6.07, 6.45) is 5.00. The van der Waals surface area contributed by atoms with E-state index in [1.165, 1.54) is 25.7 Å². The number of aliphatic hydroxyl groups is 1. The van der Waals surface area contributed by atoms with E-state index in [0.717, 1.165) is 17.1 Å². The minimum absolute atomic E-state index is 0.0236. The molecule has 4 N–H and O–H groups in total. The zero-order valence-corrected chi connectivity index (χ0v) is 9.98. The van der Waals surface area contributed by atoms with Crippen LogP contribution in [0.2, 0.25) is 0 Å². The molecular weight excluding hydrogens is 216 g/mol. The Morgan fingerprint density at radius 2 is 2.12 bits per heavy atom. The second kappa shape index (κ2) is 5.77. The van der Waals surface area contributed by atoms with E-state index in [0.29, 0.717) is 12.6 Å². The van der Waals surface area contributed by atoms with E-state index in [4.69, 9.17) is 15.6 Å². The quantitative estimate of drug-likeness (QED) is 0.684. The van der Waals surface area contributed by atoms with Gasteiger partial charge in [-0.15, -0.1) is 0 Å². The first-order chi connectivity index (χ1) is 8.29. The highest BCUT2D eigenvalue weighted by molar-refractivity contribution is 5.68. The fourth-order valence-electron chi connectivity index (χ4n) is 2.20. The molecule has 0 bridgehead atoms. The van der Waals surface area contributed by atoms with Gasteiger partial charge in [0.05, 0.1) is 18.0 Å². The van der Waals surface area contributed by atoms with Gasteiger partial charge in [0.25, 0.3) is 0 Å². The Hall–Kier alpha value is -1.42. The molecule has 0 radical (unpaired) electrons. The fourth-order valence-corrected chi connectivity index (χ4v) is 2.20. The molecule has 1 aromatic rings. The lowest BCUT2D eigenvalue weighted by molar-refractivity contribution is 0.201. The minimum Gasteiger partial charge on any atom is -0.491 e. The SMILES string of the molecule is Nc1ccc(OCCO)cc1NC1CCCC1. The van der Waals surface area contributed by atoms with Crippen molar-refractivity contribution in [3.05, 3.63) is 18.2 Å². The topological polar surface area (TPSA) is 67.5 Å². The van der Waals surface area contributed by atoms with E-state index in [1.807, 2.05) is 18.2 Å². The lowest BCUT2D eigenvalue weighted by Crippen LogP contribution is -2.15. The molecule has 0 heterocycles. The molecule has 0 unspecified atom stereocenters. The van der Waals surface area contributed by atoms with Crippen LogP contribution in [0.5, 0.6) is 5.75 Å². The van der Waals surface area contributed by atoms with Gasteiger partial charge in [-0.1, -0.05) is 12.8 Å². The van der Waals surface area contributed by atoms with Crippen LogP contribution in [0, 0.1) is 0 Å². The summed E-state index contributed by atoms with van der Waals surface area (Å²) in [5.41, 5.74) is 7.61. The number of ether oxygens (including phenoxy) is 1. The van der Waals surface area contributed by atoms with Gasteiger partial charge in [0.2, 0.25) is 0 Å². The molecule has 1 aromatic carbocycles. The predicted octanol–water partition coefficient (Wildman–Crippen LogP) is 1.99. The maximum atomic E-state index is 8.72. The Morgan fingerprint density at radius 1 is 1.35 bits per heavy atom. The van der Waals surface area contributed by atoms with Crippen LogP contribution in [-0.2, 0) is 0 Å². The standard InChI is InChI=1S/C13H20N2O2/c14-12-6-5-11(17-8-7-16)9-13(12)15-10-3-1-2-4-10/h5-6,9-10,15-16H,1-4,7-8,14H2. The summed E-state index contributed by atoms with van der Waals surface area (Å²) in [4.78, 5) is 0. The molecule has 0 amide bonds. The van der Waals surface area contributed by atoms with Crippen LogP contribution in [0.15, 0.2) is 18.2 Å². The van der Waals surface area contributed by atoms with E-state index in [-0.39, 0.29) is 6.61 Å². The smallest absolute Gasteiger partial charge is 0.121 e. The summed E-state index contributed by atoms with van der Waals surface area (Å²) in [7, 11) is 0. The number of nitrogen functional groups attached to an aromatic ring is 1. The predicted molar refractivity (Wildman–Crippen MR) is 69.3 cm³/mol. The van der Waals surface area contributed by atoms with Crippen molar-refractivity contribution in [1.29, 1.82) is 0 Å². The fraction of sp³-hybridized carbons (Fsp3) is 0.538. The Labute approximate surface area is 102 Å². The van der Waals surface area contributed by atoms with Crippen LogP contribution >= 0.6 is 0 Å². The minimum atomic E-state index is 0.0236. The molecule has 0 spiro atoms. The molecule has 4 nitrogen and oxygen atoms in total. The van der Waals surface area contributed by atoms with Gasteiger partial charge < -0.3 is 20.9 Å². The van der Waals surface area contributed by atoms with Crippen molar-refractivity contribution < 1.29 is 9.84 Å². The highest BCUT2D eigenvalue weighted by Gasteiger charge is 2.15. The molecule has 1 saturated carbocycles. The molecule has 1 fully saturated rings. The Bertz CT molecular complexity index is 362. The average molecular weight is 236 g/mol. The second-order valence-corrected chi connectivity index (χ2v) is 4.45. The maximum Gasteiger partial charge on any atom is 0.121 e.